The van der Waals surface area contributed by atoms with Gasteiger partial charge in [0.1, 0.15) is 6.23 Å². The van der Waals surface area contributed by atoms with Crippen molar-refractivity contribution in [3.8, 4) is 11.1 Å². The molecular formula is C22H24F3IN2O2. The summed E-state index contributed by atoms with van der Waals surface area (Å²) in [5, 5.41) is 2.83. The van der Waals surface area contributed by atoms with E-state index in [1.54, 1.807) is 30.3 Å². The number of benzene rings is 2. The fourth-order valence-corrected chi connectivity index (χ4v) is 4.40. The Kier molecular flexibility index (Phi) is 6.38. The van der Waals surface area contributed by atoms with Gasteiger partial charge in [-0.15, -0.1) is 0 Å². The number of methoxy groups -OCH3 is 1. The van der Waals surface area contributed by atoms with Crippen molar-refractivity contribution in [2.24, 2.45) is 0 Å². The average molecular weight is 532 g/mol. The summed E-state index contributed by atoms with van der Waals surface area (Å²) in [6.45, 7) is 5.68. The molecular weight excluding hydrogens is 508 g/mol. The molecule has 0 bridgehead atoms. The zero-order chi connectivity index (χ0) is 22.3. The number of hydrogen-bond acceptors (Lipinski definition) is 2. The number of nitrogens with zero attached hydrogens (tertiary/aromatic N) is 1. The van der Waals surface area contributed by atoms with E-state index in [2.05, 4.69) is 5.32 Å². The van der Waals surface area contributed by atoms with Crippen molar-refractivity contribution < 1.29 is 22.7 Å². The highest BCUT2D eigenvalue weighted by atomic mass is 127. The number of hydrogen-bond donors (Lipinski definition) is 1. The summed E-state index contributed by atoms with van der Waals surface area (Å²) in [5.74, 6) is -0.571. The second-order valence-electron chi connectivity index (χ2n) is 8.31. The zero-order valence-corrected chi connectivity index (χ0v) is 19.3. The van der Waals surface area contributed by atoms with Crippen LogP contribution in [0.15, 0.2) is 42.5 Å². The highest BCUT2D eigenvalue weighted by Crippen LogP contribution is 2.46. The topological polar surface area (TPSA) is 41.6 Å². The van der Waals surface area contributed by atoms with Gasteiger partial charge in [-0.1, -0.05) is 36.4 Å². The van der Waals surface area contributed by atoms with Crippen LogP contribution in [0.5, 0.6) is 0 Å². The van der Waals surface area contributed by atoms with Crippen LogP contribution in [0.3, 0.4) is 0 Å². The van der Waals surface area contributed by atoms with E-state index >= 15 is 0 Å². The standard InChI is InChI=1S/C22H24F3IN2O2/c1-21(2,3)27-20(29)28-12-16(19(28)30-4)15-10-7-9-14(18(15)22(23,24)25)13-8-5-6-11-17(13)26/h5-11,16,19H,12H2,1-4H3,(H,27,29). The molecule has 8 heteroatoms. The number of carbonyl (C=O) groups is 1. The van der Waals surface area contributed by atoms with Gasteiger partial charge in [0.15, 0.2) is 0 Å². The van der Waals surface area contributed by atoms with E-state index in [1.165, 1.54) is 24.1 Å². The largest absolute Gasteiger partial charge is 0.417 e. The van der Waals surface area contributed by atoms with Crippen LogP contribution in [0.4, 0.5) is 18.0 Å². The van der Waals surface area contributed by atoms with Crippen molar-refractivity contribution in [1.82, 2.24) is 10.2 Å². The SMILES string of the molecule is COC1C(c2cccc(-c3ccccc3I)c2C(F)(F)F)CN1C(=O)NC(C)(C)C. The first-order valence-electron chi connectivity index (χ1n) is 9.50. The number of alkyl halides is 3. The van der Waals surface area contributed by atoms with E-state index in [9.17, 15) is 18.0 Å². The zero-order valence-electron chi connectivity index (χ0n) is 17.2. The number of amides is 2. The van der Waals surface area contributed by atoms with Gasteiger partial charge < -0.3 is 10.1 Å². The molecule has 1 saturated heterocycles. The molecule has 1 aliphatic rings. The van der Waals surface area contributed by atoms with Gasteiger partial charge in [-0.25, -0.2) is 4.79 Å². The molecule has 2 aromatic carbocycles. The first-order valence-corrected chi connectivity index (χ1v) is 10.6. The second-order valence-corrected chi connectivity index (χ2v) is 9.47. The predicted octanol–water partition coefficient (Wildman–Crippen LogP) is 5.86. The Morgan fingerprint density at radius 2 is 1.73 bits per heavy atom. The molecule has 0 aliphatic carbocycles. The van der Waals surface area contributed by atoms with E-state index in [1.807, 2.05) is 43.4 Å². The molecule has 0 saturated carbocycles. The number of nitrogens with one attached hydrogen (secondary N) is 1. The second kappa shape index (κ2) is 8.37. The Balaban J connectivity index is 2.02. The molecule has 2 unspecified atom stereocenters. The fourth-order valence-electron chi connectivity index (χ4n) is 3.72. The van der Waals surface area contributed by atoms with Crippen molar-refractivity contribution in [3.05, 3.63) is 57.2 Å². The van der Waals surface area contributed by atoms with Gasteiger partial charge in [0.25, 0.3) is 0 Å². The number of rotatable bonds is 3. The van der Waals surface area contributed by atoms with Crippen molar-refractivity contribution in [3.63, 3.8) is 0 Å². The van der Waals surface area contributed by atoms with Crippen LogP contribution in [0, 0.1) is 3.57 Å². The van der Waals surface area contributed by atoms with Gasteiger partial charge >= 0.3 is 12.2 Å². The number of urea groups is 1. The van der Waals surface area contributed by atoms with Gasteiger partial charge in [0.2, 0.25) is 0 Å². The quantitative estimate of drug-likeness (QED) is 0.504. The molecule has 2 atom stereocenters. The Hall–Kier alpha value is -1.81. The molecule has 1 aliphatic heterocycles. The van der Waals surface area contributed by atoms with Crippen LogP contribution in [-0.2, 0) is 10.9 Å². The Bertz CT molecular complexity index is 941. The number of carbonyl (C=O) groups excluding carboxylic acids is 1. The lowest BCUT2D eigenvalue weighted by Crippen LogP contribution is -2.62. The maximum Gasteiger partial charge on any atom is 0.417 e. The number of likely N-dealkylation sites (tertiary alicyclic amines) is 1. The van der Waals surface area contributed by atoms with Gasteiger partial charge in [0.05, 0.1) is 5.56 Å². The van der Waals surface area contributed by atoms with Gasteiger partial charge in [-0.2, -0.15) is 13.2 Å². The summed E-state index contributed by atoms with van der Waals surface area (Å²) in [5.41, 5.74) is -0.315. The van der Waals surface area contributed by atoms with Crippen LogP contribution in [0.25, 0.3) is 11.1 Å². The highest BCUT2D eigenvalue weighted by molar-refractivity contribution is 14.1. The van der Waals surface area contributed by atoms with Gasteiger partial charge in [-0.05, 0) is 66.1 Å². The molecule has 162 valence electrons. The molecule has 2 amide bonds. The van der Waals surface area contributed by atoms with Crippen molar-refractivity contribution >= 4 is 28.6 Å². The van der Waals surface area contributed by atoms with E-state index in [0.29, 0.717) is 5.56 Å². The molecule has 1 heterocycles. The minimum atomic E-state index is -4.54. The van der Waals surface area contributed by atoms with Crippen LogP contribution in [0.2, 0.25) is 0 Å². The summed E-state index contributed by atoms with van der Waals surface area (Å²) in [6, 6.07) is 11.2. The third-order valence-corrected chi connectivity index (χ3v) is 5.91. The van der Waals surface area contributed by atoms with E-state index in [4.69, 9.17) is 4.74 Å². The highest BCUT2D eigenvalue weighted by Gasteiger charge is 2.48. The lowest BCUT2D eigenvalue weighted by Gasteiger charge is -2.48. The van der Waals surface area contributed by atoms with Crippen molar-refractivity contribution in [1.29, 1.82) is 0 Å². The van der Waals surface area contributed by atoms with Crippen LogP contribution in [-0.4, -0.2) is 36.4 Å². The summed E-state index contributed by atoms with van der Waals surface area (Å²) >= 11 is 2.04. The molecule has 0 aromatic heterocycles. The summed E-state index contributed by atoms with van der Waals surface area (Å²) in [7, 11) is 1.41. The predicted molar refractivity (Wildman–Crippen MR) is 118 cm³/mol. The maximum absolute atomic E-state index is 14.2. The lowest BCUT2D eigenvalue weighted by molar-refractivity contribution is -0.140. The molecule has 30 heavy (non-hydrogen) atoms. The summed E-state index contributed by atoms with van der Waals surface area (Å²) < 4.78 is 48.8. The molecule has 0 radical (unpaired) electrons. The van der Waals surface area contributed by atoms with Crippen LogP contribution < -0.4 is 5.32 Å². The monoisotopic (exact) mass is 532 g/mol. The molecule has 1 N–H and O–H groups in total. The van der Waals surface area contributed by atoms with Gasteiger partial charge in [-0.3, -0.25) is 4.90 Å². The molecule has 1 fully saturated rings. The minimum Gasteiger partial charge on any atom is -0.361 e. The molecule has 2 aromatic rings. The Morgan fingerprint density at radius 1 is 1.10 bits per heavy atom. The van der Waals surface area contributed by atoms with Crippen molar-refractivity contribution in [2.75, 3.05) is 13.7 Å². The van der Waals surface area contributed by atoms with Crippen LogP contribution in [0.1, 0.15) is 37.8 Å². The third-order valence-electron chi connectivity index (χ3n) is 4.97. The van der Waals surface area contributed by atoms with Crippen LogP contribution >= 0.6 is 22.6 Å². The average Bonchev–Trinajstić information content (AvgIpc) is 2.59. The maximum atomic E-state index is 14.2. The normalized spacial score (nSPS) is 19.4. The fraction of sp³-hybridized carbons (Fsp3) is 0.409. The van der Waals surface area contributed by atoms with Gasteiger partial charge in [0, 0.05) is 28.7 Å². The van der Waals surface area contributed by atoms with Crippen molar-refractivity contribution in [2.45, 2.75) is 44.6 Å². The minimum absolute atomic E-state index is 0.137. The Labute approximate surface area is 187 Å². The number of halogens is 4. The lowest BCUT2D eigenvalue weighted by atomic mass is 9.83. The molecule has 3 rings (SSSR count). The molecule has 0 spiro atoms. The van der Waals surface area contributed by atoms with E-state index in [-0.39, 0.29) is 23.7 Å². The third kappa shape index (κ3) is 4.59. The summed E-state index contributed by atoms with van der Waals surface area (Å²) in [6.07, 6.45) is -5.31. The van der Waals surface area contributed by atoms with E-state index < -0.39 is 29.4 Å². The first kappa shape index (κ1) is 22.9. The Morgan fingerprint density at radius 3 is 2.30 bits per heavy atom. The molecule has 4 nitrogen and oxygen atoms in total. The van der Waals surface area contributed by atoms with E-state index in [0.717, 1.165) is 3.57 Å². The number of ether oxygens (including phenoxy) is 1. The first-order chi connectivity index (χ1) is 13.9. The summed E-state index contributed by atoms with van der Waals surface area (Å²) in [4.78, 5) is 13.9. The smallest absolute Gasteiger partial charge is 0.361 e.